The van der Waals surface area contributed by atoms with Crippen molar-refractivity contribution in [1.82, 2.24) is 4.90 Å². The Labute approximate surface area is 151 Å². The third kappa shape index (κ3) is 4.89. The van der Waals surface area contributed by atoms with Crippen LogP contribution in [0.3, 0.4) is 0 Å². The lowest BCUT2D eigenvalue weighted by molar-refractivity contribution is -0.129. The maximum atomic E-state index is 12.2. The number of anilines is 1. The topological polar surface area (TPSA) is 69.6 Å². The van der Waals surface area contributed by atoms with Crippen LogP contribution in [0.2, 0.25) is 10.0 Å². The molecule has 1 aromatic carbocycles. The van der Waals surface area contributed by atoms with Crippen LogP contribution in [0, 0.1) is 5.92 Å². The van der Waals surface area contributed by atoms with E-state index in [0.717, 1.165) is 12.8 Å². The number of carbonyl (C=O) groups is 2. The summed E-state index contributed by atoms with van der Waals surface area (Å²) in [7, 11) is 0. The molecule has 0 unspecified atom stereocenters. The van der Waals surface area contributed by atoms with Crippen molar-refractivity contribution >= 4 is 40.6 Å². The molecule has 0 saturated carbocycles. The SMILES string of the molecule is C=CC(=O)N1CCC[C@@H](CC(=O)CNc2cc(Cl)c(Cl)cc2O)C1. The summed E-state index contributed by atoms with van der Waals surface area (Å²) in [6.07, 6.45) is 3.50. The molecule has 0 aromatic heterocycles. The quantitative estimate of drug-likeness (QED) is 0.593. The van der Waals surface area contributed by atoms with Crippen molar-refractivity contribution in [2.45, 2.75) is 19.3 Å². The average molecular weight is 371 g/mol. The molecule has 1 aliphatic heterocycles. The Kier molecular flexibility index (Phi) is 6.52. The second-order valence-electron chi connectivity index (χ2n) is 5.88. The number of nitrogens with one attached hydrogen (secondary N) is 1. The fourth-order valence-electron chi connectivity index (χ4n) is 2.83. The van der Waals surface area contributed by atoms with E-state index in [1.165, 1.54) is 18.2 Å². The van der Waals surface area contributed by atoms with E-state index in [9.17, 15) is 14.7 Å². The van der Waals surface area contributed by atoms with E-state index in [4.69, 9.17) is 23.2 Å². The minimum atomic E-state index is -0.0917. The molecular formula is C17H20Cl2N2O3. The number of ketones is 1. The molecule has 130 valence electrons. The number of piperidine rings is 1. The highest BCUT2D eigenvalue weighted by Crippen LogP contribution is 2.33. The molecule has 2 rings (SSSR count). The minimum absolute atomic E-state index is 0.0124. The van der Waals surface area contributed by atoms with Crippen LogP contribution < -0.4 is 5.32 Å². The van der Waals surface area contributed by atoms with Crippen molar-refractivity contribution in [2.75, 3.05) is 25.0 Å². The summed E-state index contributed by atoms with van der Waals surface area (Å²) in [6, 6.07) is 2.81. The predicted octanol–water partition coefficient (Wildman–Crippen LogP) is 3.49. The number of carbonyl (C=O) groups excluding carboxylic acids is 2. The molecule has 24 heavy (non-hydrogen) atoms. The third-order valence-electron chi connectivity index (χ3n) is 4.04. The number of amides is 1. The Bertz CT molecular complexity index is 649. The summed E-state index contributed by atoms with van der Waals surface area (Å²) in [4.78, 5) is 25.6. The minimum Gasteiger partial charge on any atom is -0.506 e. The monoisotopic (exact) mass is 370 g/mol. The van der Waals surface area contributed by atoms with Gasteiger partial charge >= 0.3 is 0 Å². The molecule has 1 aliphatic rings. The molecule has 1 aromatic rings. The normalized spacial score (nSPS) is 17.4. The molecule has 0 spiro atoms. The Morgan fingerprint density at radius 2 is 2.08 bits per heavy atom. The van der Waals surface area contributed by atoms with Crippen LogP contribution >= 0.6 is 23.2 Å². The number of benzene rings is 1. The molecule has 1 heterocycles. The number of rotatable bonds is 6. The van der Waals surface area contributed by atoms with Gasteiger partial charge in [0, 0.05) is 25.6 Å². The van der Waals surface area contributed by atoms with Crippen molar-refractivity contribution < 1.29 is 14.7 Å². The number of halogens is 2. The highest BCUT2D eigenvalue weighted by molar-refractivity contribution is 6.42. The second kappa shape index (κ2) is 8.40. The van der Waals surface area contributed by atoms with Crippen molar-refractivity contribution in [3.05, 3.63) is 34.8 Å². The van der Waals surface area contributed by atoms with Crippen LogP contribution in [0.4, 0.5) is 5.69 Å². The summed E-state index contributed by atoms with van der Waals surface area (Å²) >= 11 is 11.7. The standard InChI is InChI=1S/C17H20Cl2N2O3/c1-2-17(24)21-5-3-4-11(10-21)6-12(22)9-20-15-7-13(18)14(19)8-16(15)23/h2,7-8,11,20,23H,1,3-6,9-10H2/t11-/m0/s1. The van der Waals surface area contributed by atoms with Gasteiger partial charge in [-0.3, -0.25) is 9.59 Å². The summed E-state index contributed by atoms with van der Waals surface area (Å²) in [5.41, 5.74) is 0.366. The highest BCUT2D eigenvalue weighted by atomic mass is 35.5. The predicted molar refractivity (Wildman–Crippen MR) is 95.7 cm³/mol. The van der Waals surface area contributed by atoms with Gasteiger partial charge in [0.2, 0.25) is 5.91 Å². The van der Waals surface area contributed by atoms with Gasteiger partial charge < -0.3 is 15.3 Å². The van der Waals surface area contributed by atoms with Gasteiger partial charge in [0.15, 0.2) is 5.78 Å². The second-order valence-corrected chi connectivity index (χ2v) is 6.69. The lowest BCUT2D eigenvalue weighted by atomic mass is 9.93. The van der Waals surface area contributed by atoms with Gasteiger partial charge in [-0.1, -0.05) is 29.8 Å². The third-order valence-corrected chi connectivity index (χ3v) is 4.76. The van der Waals surface area contributed by atoms with E-state index < -0.39 is 0 Å². The fraction of sp³-hybridized carbons (Fsp3) is 0.412. The maximum Gasteiger partial charge on any atom is 0.245 e. The van der Waals surface area contributed by atoms with Crippen LogP contribution in [0.1, 0.15) is 19.3 Å². The Morgan fingerprint density at radius 3 is 2.79 bits per heavy atom. The Hall–Kier alpha value is -1.72. The first-order valence-electron chi connectivity index (χ1n) is 7.75. The van der Waals surface area contributed by atoms with Gasteiger partial charge in [-0.25, -0.2) is 0 Å². The lowest BCUT2D eigenvalue weighted by Gasteiger charge is -2.31. The summed E-state index contributed by atoms with van der Waals surface area (Å²) in [5.74, 6) is 0.0151. The van der Waals surface area contributed by atoms with Gasteiger partial charge in [-0.15, -0.1) is 0 Å². The number of likely N-dealkylation sites (tertiary alicyclic amines) is 1. The van der Waals surface area contributed by atoms with Crippen LogP contribution in [0.25, 0.3) is 0 Å². The molecule has 0 bridgehead atoms. The number of hydrogen-bond donors (Lipinski definition) is 2. The first-order valence-corrected chi connectivity index (χ1v) is 8.51. The number of Topliss-reactive ketones (excluding diaryl/α,β-unsaturated/α-hetero) is 1. The Morgan fingerprint density at radius 1 is 1.38 bits per heavy atom. The van der Waals surface area contributed by atoms with E-state index >= 15 is 0 Å². The Balaban J connectivity index is 1.86. The summed E-state index contributed by atoms with van der Waals surface area (Å²) in [5, 5.41) is 13.2. The largest absolute Gasteiger partial charge is 0.506 e. The zero-order valence-corrected chi connectivity index (χ0v) is 14.7. The number of aromatic hydroxyl groups is 1. The zero-order valence-electron chi connectivity index (χ0n) is 13.2. The van der Waals surface area contributed by atoms with Crippen LogP contribution in [0.15, 0.2) is 24.8 Å². The fourth-order valence-corrected chi connectivity index (χ4v) is 3.15. The van der Waals surface area contributed by atoms with Gasteiger partial charge in [0.05, 0.1) is 22.3 Å². The zero-order chi connectivity index (χ0) is 17.7. The molecule has 1 amide bonds. The number of phenolic OH excluding ortho intramolecular Hbond substituents is 1. The van der Waals surface area contributed by atoms with E-state index in [1.54, 1.807) is 4.90 Å². The number of hydrogen-bond acceptors (Lipinski definition) is 4. The van der Waals surface area contributed by atoms with Gasteiger partial charge in [-0.05, 0) is 30.9 Å². The molecule has 0 radical (unpaired) electrons. The molecule has 1 saturated heterocycles. The number of nitrogens with zero attached hydrogens (tertiary/aromatic N) is 1. The van der Waals surface area contributed by atoms with Gasteiger partial charge in [-0.2, -0.15) is 0 Å². The molecule has 2 N–H and O–H groups in total. The molecular weight excluding hydrogens is 351 g/mol. The summed E-state index contributed by atoms with van der Waals surface area (Å²) < 4.78 is 0. The van der Waals surface area contributed by atoms with Crippen LogP contribution in [-0.4, -0.2) is 41.3 Å². The van der Waals surface area contributed by atoms with Crippen LogP contribution in [0.5, 0.6) is 5.75 Å². The van der Waals surface area contributed by atoms with Gasteiger partial charge in [0.1, 0.15) is 5.75 Å². The van der Waals surface area contributed by atoms with E-state index in [2.05, 4.69) is 11.9 Å². The molecule has 7 heteroatoms. The van der Waals surface area contributed by atoms with E-state index in [1.807, 2.05) is 0 Å². The van der Waals surface area contributed by atoms with Crippen LogP contribution in [-0.2, 0) is 9.59 Å². The van der Waals surface area contributed by atoms with E-state index in [-0.39, 0.29) is 34.9 Å². The van der Waals surface area contributed by atoms with Gasteiger partial charge in [0.25, 0.3) is 0 Å². The molecule has 5 nitrogen and oxygen atoms in total. The first kappa shape index (κ1) is 18.6. The molecule has 1 fully saturated rings. The lowest BCUT2D eigenvalue weighted by Crippen LogP contribution is -2.39. The van der Waals surface area contributed by atoms with Crippen molar-refractivity contribution in [3.63, 3.8) is 0 Å². The van der Waals surface area contributed by atoms with Crippen molar-refractivity contribution in [1.29, 1.82) is 0 Å². The molecule has 0 aliphatic carbocycles. The first-order chi connectivity index (χ1) is 11.4. The molecule has 1 atom stereocenters. The maximum absolute atomic E-state index is 12.2. The van der Waals surface area contributed by atoms with E-state index in [0.29, 0.717) is 30.2 Å². The van der Waals surface area contributed by atoms with Crippen molar-refractivity contribution in [2.24, 2.45) is 5.92 Å². The summed E-state index contributed by atoms with van der Waals surface area (Å²) in [6.45, 7) is 4.87. The number of phenols is 1. The highest BCUT2D eigenvalue weighted by Gasteiger charge is 2.24. The smallest absolute Gasteiger partial charge is 0.245 e. The average Bonchev–Trinajstić information content (AvgIpc) is 2.56. The van der Waals surface area contributed by atoms with Crippen molar-refractivity contribution in [3.8, 4) is 5.75 Å².